The average Bonchev–Trinajstić information content (AvgIpc) is 2.66. The van der Waals surface area contributed by atoms with Crippen molar-refractivity contribution in [2.75, 3.05) is 0 Å². The highest BCUT2D eigenvalue weighted by Crippen LogP contribution is 2.20. The van der Waals surface area contributed by atoms with Gasteiger partial charge in [-0.2, -0.15) is 0 Å². The highest BCUT2D eigenvalue weighted by atomic mass is 16.5. The maximum Gasteiger partial charge on any atom is 0.332 e. The summed E-state index contributed by atoms with van der Waals surface area (Å²) in [5.74, 6) is 1.13. The number of amides is 1. The molecule has 3 atom stereocenters. The molecule has 0 aliphatic carbocycles. The minimum atomic E-state index is -1.02. The number of ether oxygens (including phenoxy) is 1. The normalized spacial score (nSPS) is 25.8. The third-order valence-electron chi connectivity index (χ3n) is 2.40. The van der Waals surface area contributed by atoms with Gasteiger partial charge in [0, 0.05) is 12.5 Å². The molecule has 1 aliphatic heterocycles. The lowest BCUT2D eigenvalue weighted by molar-refractivity contribution is -0.151. The van der Waals surface area contributed by atoms with Crippen LogP contribution in [0.1, 0.15) is 26.2 Å². The van der Waals surface area contributed by atoms with Gasteiger partial charge in [0.2, 0.25) is 5.91 Å². The van der Waals surface area contributed by atoms with Crippen LogP contribution in [0, 0.1) is 12.3 Å². The number of carbonyl (C=O) groups excluding carboxylic acids is 1. The molecule has 1 fully saturated rings. The number of hydrogen-bond acceptors (Lipinski definition) is 3. The number of carboxylic acid groups (broad SMARTS) is 1. The molecule has 88 valence electrons. The van der Waals surface area contributed by atoms with E-state index in [-0.39, 0.29) is 11.9 Å². The third kappa shape index (κ3) is 3.24. The zero-order valence-electron chi connectivity index (χ0n) is 9.10. The van der Waals surface area contributed by atoms with Crippen LogP contribution in [0.5, 0.6) is 0 Å². The van der Waals surface area contributed by atoms with Gasteiger partial charge in [0.05, 0.1) is 0 Å². The predicted molar refractivity (Wildman–Crippen MR) is 56.6 cm³/mol. The summed E-state index contributed by atoms with van der Waals surface area (Å²) in [5.41, 5.74) is 0. The standard InChI is InChI=1S/C11H15NO4/c1-3-4-7(2)12-10(13)8-5-6-9(16-8)11(14)15/h1,7-9H,4-6H2,2H3,(H,12,13)(H,14,15). The molecule has 1 aliphatic rings. The van der Waals surface area contributed by atoms with Crippen molar-refractivity contribution in [1.82, 2.24) is 5.32 Å². The van der Waals surface area contributed by atoms with Crippen LogP contribution in [0.3, 0.4) is 0 Å². The van der Waals surface area contributed by atoms with Gasteiger partial charge in [0.15, 0.2) is 6.10 Å². The van der Waals surface area contributed by atoms with Crippen molar-refractivity contribution < 1.29 is 19.4 Å². The Bertz CT molecular complexity index is 320. The molecule has 0 aromatic heterocycles. The summed E-state index contributed by atoms with van der Waals surface area (Å²) in [5, 5.41) is 11.4. The molecule has 0 bridgehead atoms. The highest BCUT2D eigenvalue weighted by Gasteiger charge is 2.34. The Morgan fingerprint density at radius 2 is 2.19 bits per heavy atom. The molecule has 0 radical (unpaired) electrons. The van der Waals surface area contributed by atoms with Gasteiger partial charge in [-0.05, 0) is 19.8 Å². The van der Waals surface area contributed by atoms with E-state index in [4.69, 9.17) is 16.3 Å². The van der Waals surface area contributed by atoms with Crippen LogP contribution in [-0.4, -0.2) is 35.2 Å². The molecule has 0 saturated carbocycles. The average molecular weight is 225 g/mol. The second kappa shape index (κ2) is 5.52. The Labute approximate surface area is 94.2 Å². The number of terminal acetylenes is 1. The van der Waals surface area contributed by atoms with Crippen LogP contribution in [0.15, 0.2) is 0 Å². The van der Waals surface area contributed by atoms with Crippen LogP contribution in [0.4, 0.5) is 0 Å². The summed E-state index contributed by atoms with van der Waals surface area (Å²) in [6, 6.07) is -0.120. The fraction of sp³-hybridized carbons (Fsp3) is 0.636. The molecule has 0 spiro atoms. The number of hydrogen-bond donors (Lipinski definition) is 2. The molecule has 1 rings (SSSR count). The van der Waals surface area contributed by atoms with E-state index in [2.05, 4.69) is 11.2 Å². The molecular formula is C11H15NO4. The molecule has 3 unspecified atom stereocenters. The molecule has 5 nitrogen and oxygen atoms in total. The quantitative estimate of drug-likeness (QED) is 0.668. The van der Waals surface area contributed by atoms with Gasteiger partial charge in [-0.1, -0.05) is 0 Å². The molecule has 16 heavy (non-hydrogen) atoms. The summed E-state index contributed by atoms with van der Waals surface area (Å²) < 4.78 is 5.10. The van der Waals surface area contributed by atoms with Crippen molar-refractivity contribution in [2.45, 2.75) is 44.4 Å². The Hall–Kier alpha value is -1.54. The first-order valence-corrected chi connectivity index (χ1v) is 5.16. The van der Waals surface area contributed by atoms with E-state index in [1.165, 1.54) is 0 Å². The lowest BCUT2D eigenvalue weighted by Gasteiger charge is -2.15. The third-order valence-corrected chi connectivity index (χ3v) is 2.40. The highest BCUT2D eigenvalue weighted by molar-refractivity contribution is 5.82. The SMILES string of the molecule is C#CCC(C)NC(=O)C1CCC(C(=O)O)O1. The number of carboxylic acids is 1. The lowest BCUT2D eigenvalue weighted by atomic mass is 10.1. The monoisotopic (exact) mass is 225 g/mol. The van der Waals surface area contributed by atoms with Gasteiger partial charge in [0.1, 0.15) is 6.10 Å². The summed E-state index contributed by atoms with van der Waals surface area (Å²) in [7, 11) is 0. The van der Waals surface area contributed by atoms with Crippen LogP contribution in [0.25, 0.3) is 0 Å². The van der Waals surface area contributed by atoms with Crippen LogP contribution < -0.4 is 5.32 Å². The van der Waals surface area contributed by atoms with Gasteiger partial charge in [0.25, 0.3) is 0 Å². The number of carbonyl (C=O) groups is 2. The van der Waals surface area contributed by atoms with Crippen molar-refractivity contribution >= 4 is 11.9 Å². The van der Waals surface area contributed by atoms with E-state index in [1.807, 2.05) is 0 Å². The maximum absolute atomic E-state index is 11.6. The zero-order valence-corrected chi connectivity index (χ0v) is 9.10. The molecular weight excluding hydrogens is 210 g/mol. The minimum absolute atomic E-state index is 0.120. The van der Waals surface area contributed by atoms with E-state index >= 15 is 0 Å². The van der Waals surface area contributed by atoms with Gasteiger partial charge < -0.3 is 15.2 Å². The second-order valence-corrected chi connectivity index (χ2v) is 3.85. The van der Waals surface area contributed by atoms with E-state index in [0.717, 1.165) is 0 Å². The zero-order chi connectivity index (χ0) is 12.1. The molecule has 1 amide bonds. The smallest absolute Gasteiger partial charge is 0.332 e. The van der Waals surface area contributed by atoms with Crippen molar-refractivity contribution in [3.05, 3.63) is 0 Å². The van der Waals surface area contributed by atoms with Crippen molar-refractivity contribution in [3.63, 3.8) is 0 Å². The fourth-order valence-electron chi connectivity index (χ4n) is 1.58. The first-order valence-electron chi connectivity index (χ1n) is 5.16. The second-order valence-electron chi connectivity index (χ2n) is 3.85. The number of nitrogens with one attached hydrogen (secondary N) is 1. The van der Waals surface area contributed by atoms with E-state index in [9.17, 15) is 9.59 Å². The molecule has 0 aromatic carbocycles. The summed E-state index contributed by atoms with van der Waals surface area (Å²) >= 11 is 0. The Balaban J connectivity index is 2.40. The van der Waals surface area contributed by atoms with Gasteiger partial charge in [-0.15, -0.1) is 12.3 Å². The minimum Gasteiger partial charge on any atom is -0.479 e. The Morgan fingerprint density at radius 3 is 2.69 bits per heavy atom. The molecule has 1 saturated heterocycles. The molecule has 1 heterocycles. The molecule has 0 aromatic rings. The summed E-state index contributed by atoms with van der Waals surface area (Å²) in [6.45, 7) is 1.79. The van der Waals surface area contributed by atoms with Gasteiger partial charge >= 0.3 is 5.97 Å². The summed E-state index contributed by atoms with van der Waals surface area (Å²) in [6.07, 6.45) is 4.84. The van der Waals surface area contributed by atoms with Gasteiger partial charge in [-0.3, -0.25) is 4.79 Å². The largest absolute Gasteiger partial charge is 0.479 e. The predicted octanol–water partition coefficient (Wildman–Crippen LogP) is 0.147. The summed E-state index contributed by atoms with van der Waals surface area (Å²) in [4.78, 5) is 22.2. The first-order chi connectivity index (χ1) is 7.54. The van der Waals surface area contributed by atoms with Gasteiger partial charge in [-0.25, -0.2) is 4.79 Å². The lowest BCUT2D eigenvalue weighted by Crippen LogP contribution is -2.40. The first kappa shape index (κ1) is 12.5. The number of aliphatic carboxylic acids is 1. The van der Waals surface area contributed by atoms with Crippen LogP contribution in [-0.2, 0) is 14.3 Å². The van der Waals surface area contributed by atoms with Crippen molar-refractivity contribution in [1.29, 1.82) is 0 Å². The molecule has 5 heteroatoms. The number of rotatable bonds is 4. The van der Waals surface area contributed by atoms with E-state index in [1.54, 1.807) is 6.92 Å². The van der Waals surface area contributed by atoms with E-state index < -0.39 is 18.2 Å². The fourth-order valence-corrected chi connectivity index (χ4v) is 1.58. The van der Waals surface area contributed by atoms with Crippen molar-refractivity contribution in [2.24, 2.45) is 0 Å². The Morgan fingerprint density at radius 1 is 1.56 bits per heavy atom. The van der Waals surface area contributed by atoms with Crippen LogP contribution >= 0.6 is 0 Å². The Kier molecular flexibility index (Phi) is 4.32. The van der Waals surface area contributed by atoms with Crippen LogP contribution in [0.2, 0.25) is 0 Å². The molecule has 2 N–H and O–H groups in total. The maximum atomic E-state index is 11.6. The topological polar surface area (TPSA) is 75.6 Å². The van der Waals surface area contributed by atoms with E-state index in [0.29, 0.717) is 19.3 Å². The van der Waals surface area contributed by atoms with Crippen molar-refractivity contribution in [3.8, 4) is 12.3 Å².